The number of fused-ring (bicyclic) bond motifs is 1. The van der Waals surface area contributed by atoms with Gasteiger partial charge >= 0.3 is 0 Å². The molecule has 1 N–H and O–H groups in total. The number of aryl methyl sites for hydroxylation is 1. The van der Waals surface area contributed by atoms with Crippen molar-refractivity contribution < 1.29 is 9.47 Å². The van der Waals surface area contributed by atoms with Gasteiger partial charge < -0.3 is 14.8 Å². The molecule has 1 aromatic carbocycles. The molecule has 0 aliphatic heterocycles. The molecule has 26 heavy (non-hydrogen) atoms. The number of hydrogen-bond acceptors (Lipinski definition) is 6. The van der Waals surface area contributed by atoms with Crippen molar-refractivity contribution in [2.45, 2.75) is 13.3 Å². The Balaban J connectivity index is 1.69. The van der Waals surface area contributed by atoms with Gasteiger partial charge in [-0.3, -0.25) is 0 Å². The zero-order valence-corrected chi connectivity index (χ0v) is 16.9. The summed E-state index contributed by atoms with van der Waals surface area (Å²) in [5.41, 5.74) is 1.99. The summed E-state index contributed by atoms with van der Waals surface area (Å²) in [5.74, 6) is 2.68. The number of nitrogens with one attached hydrogen (secondary N) is 1. The lowest BCUT2D eigenvalue weighted by Crippen LogP contribution is -2.15. The van der Waals surface area contributed by atoms with Crippen molar-refractivity contribution >= 4 is 32.8 Å². The van der Waals surface area contributed by atoms with Crippen LogP contribution in [0.5, 0.6) is 11.5 Å². The first-order chi connectivity index (χ1) is 12.5. The second kappa shape index (κ2) is 7.90. The molecule has 0 aliphatic carbocycles. The summed E-state index contributed by atoms with van der Waals surface area (Å²) in [5, 5.41) is 8.67. The lowest BCUT2D eigenvalue weighted by Gasteiger charge is -2.15. The Hall–Kier alpha value is -2.35. The van der Waals surface area contributed by atoms with Crippen LogP contribution in [0.3, 0.4) is 0 Å². The summed E-state index contributed by atoms with van der Waals surface area (Å²) in [7, 11) is 5.16. The molecule has 7 nitrogen and oxygen atoms in total. The molecule has 0 spiro atoms. The average Bonchev–Trinajstić information content (AvgIpc) is 2.94. The summed E-state index contributed by atoms with van der Waals surface area (Å²) in [6.45, 7) is 2.97. The Morgan fingerprint density at radius 3 is 2.69 bits per heavy atom. The Kier molecular flexibility index (Phi) is 5.61. The fourth-order valence-electron chi connectivity index (χ4n) is 2.93. The Morgan fingerprint density at radius 2 is 1.96 bits per heavy atom. The second-order valence-corrected chi connectivity index (χ2v) is 6.97. The largest absolute Gasteiger partial charge is 0.493 e. The highest BCUT2D eigenvalue weighted by Gasteiger charge is 2.14. The lowest BCUT2D eigenvalue weighted by molar-refractivity contribution is 0.354. The monoisotopic (exact) mass is 419 g/mol. The van der Waals surface area contributed by atoms with Gasteiger partial charge in [-0.2, -0.15) is 5.10 Å². The molecule has 0 fully saturated rings. The maximum absolute atomic E-state index is 5.38. The minimum Gasteiger partial charge on any atom is -0.493 e. The third-order valence-electron chi connectivity index (χ3n) is 4.23. The van der Waals surface area contributed by atoms with Gasteiger partial charge in [0.15, 0.2) is 17.1 Å². The van der Waals surface area contributed by atoms with E-state index in [4.69, 9.17) is 9.47 Å². The average molecular weight is 420 g/mol. The predicted octanol–water partition coefficient (Wildman–Crippen LogP) is 3.43. The van der Waals surface area contributed by atoms with Crippen LogP contribution >= 0.6 is 15.9 Å². The fraction of sp³-hybridized carbons (Fsp3) is 0.389. The molecule has 1 unspecified atom stereocenters. The summed E-state index contributed by atoms with van der Waals surface area (Å²) in [6.07, 6.45) is 2.47. The van der Waals surface area contributed by atoms with E-state index in [1.807, 2.05) is 19.2 Å². The zero-order chi connectivity index (χ0) is 18.7. The van der Waals surface area contributed by atoms with Gasteiger partial charge in [0.25, 0.3) is 0 Å². The van der Waals surface area contributed by atoms with Crippen LogP contribution in [-0.4, -0.2) is 40.5 Å². The van der Waals surface area contributed by atoms with Crippen molar-refractivity contribution in [3.05, 3.63) is 34.7 Å². The maximum atomic E-state index is 5.38. The van der Waals surface area contributed by atoms with Gasteiger partial charge in [0, 0.05) is 13.6 Å². The Morgan fingerprint density at radius 1 is 1.19 bits per heavy atom. The smallest absolute Gasteiger partial charge is 0.164 e. The molecule has 1 atom stereocenters. The number of hydrogen-bond donors (Lipinski definition) is 1. The first-order valence-electron chi connectivity index (χ1n) is 8.31. The number of rotatable bonds is 7. The van der Waals surface area contributed by atoms with Gasteiger partial charge in [0.1, 0.15) is 16.7 Å². The van der Waals surface area contributed by atoms with E-state index in [2.05, 4.69) is 49.3 Å². The van der Waals surface area contributed by atoms with Crippen LogP contribution in [0.25, 0.3) is 11.0 Å². The van der Waals surface area contributed by atoms with Gasteiger partial charge in [-0.25, -0.2) is 14.6 Å². The predicted molar refractivity (Wildman–Crippen MR) is 105 cm³/mol. The first-order valence-corrected chi connectivity index (χ1v) is 9.10. The number of aromatic nitrogens is 4. The summed E-state index contributed by atoms with van der Waals surface area (Å²) >= 11 is 3.48. The van der Waals surface area contributed by atoms with Crippen LogP contribution in [-0.2, 0) is 13.5 Å². The van der Waals surface area contributed by atoms with Crippen molar-refractivity contribution in [3.63, 3.8) is 0 Å². The normalized spacial score (nSPS) is 12.2. The summed E-state index contributed by atoms with van der Waals surface area (Å²) in [4.78, 5) is 8.65. The molecule has 0 saturated carbocycles. The quantitative estimate of drug-likeness (QED) is 0.632. The van der Waals surface area contributed by atoms with Gasteiger partial charge in [-0.1, -0.05) is 13.0 Å². The van der Waals surface area contributed by atoms with Gasteiger partial charge in [0.2, 0.25) is 0 Å². The molecule has 0 saturated heterocycles. The Labute approximate surface area is 160 Å². The molecule has 0 aliphatic rings. The molecule has 0 bridgehead atoms. The highest BCUT2D eigenvalue weighted by Crippen LogP contribution is 2.29. The lowest BCUT2D eigenvalue weighted by atomic mass is 10.0. The molecule has 0 radical (unpaired) electrons. The first kappa shape index (κ1) is 18.4. The van der Waals surface area contributed by atoms with E-state index in [1.165, 1.54) is 5.56 Å². The van der Waals surface area contributed by atoms with Crippen LogP contribution in [0.1, 0.15) is 12.5 Å². The molecular weight excluding hydrogens is 398 g/mol. The second-order valence-electron chi connectivity index (χ2n) is 6.21. The number of ether oxygens (including phenoxy) is 2. The summed E-state index contributed by atoms with van der Waals surface area (Å²) in [6, 6.07) is 6.03. The van der Waals surface area contributed by atoms with Crippen LogP contribution < -0.4 is 14.8 Å². The van der Waals surface area contributed by atoms with Crippen molar-refractivity contribution in [2.24, 2.45) is 13.0 Å². The van der Waals surface area contributed by atoms with Gasteiger partial charge in [-0.05, 0) is 46.0 Å². The van der Waals surface area contributed by atoms with Crippen LogP contribution in [0, 0.1) is 5.92 Å². The van der Waals surface area contributed by atoms with Crippen molar-refractivity contribution in [1.82, 2.24) is 19.7 Å². The van der Waals surface area contributed by atoms with Crippen molar-refractivity contribution in [3.8, 4) is 11.5 Å². The number of halogens is 1. The minimum absolute atomic E-state index is 0.397. The highest BCUT2D eigenvalue weighted by atomic mass is 79.9. The van der Waals surface area contributed by atoms with E-state index >= 15 is 0 Å². The molecule has 2 heterocycles. The number of benzene rings is 1. The fourth-order valence-corrected chi connectivity index (χ4v) is 3.53. The third kappa shape index (κ3) is 3.75. The minimum atomic E-state index is 0.397. The number of nitrogens with zero attached hydrogens (tertiary/aromatic N) is 4. The molecular formula is C18H22BrN5O2. The van der Waals surface area contributed by atoms with Crippen LogP contribution in [0.2, 0.25) is 0 Å². The van der Waals surface area contributed by atoms with Crippen molar-refractivity contribution in [1.29, 1.82) is 0 Å². The summed E-state index contributed by atoms with van der Waals surface area (Å²) < 4.78 is 13.1. The molecule has 0 amide bonds. The van der Waals surface area contributed by atoms with Gasteiger partial charge in [0.05, 0.1) is 19.6 Å². The molecule has 3 aromatic rings. The topological polar surface area (TPSA) is 74.1 Å². The van der Waals surface area contributed by atoms with Crippen molar-refractivity contribution in [2.75, 3.05) is 26.1 Å². The molecule has 138 valence electrons. The maximum Gasteiger partial charge on any atom is 0.164 e. The van der Waals surface area contributed by atoms with E-state index in [1.54, 1.807) is 25.2 Å². The van der Waals surface area contributed by atoms with E-state index in [9.17, 15) is 0 Å². The van der Waals surface area contributed by atoms with E-state index in [0.717, 1.165) is 45.9 Å². The van der Waals surface area contributed by atoms with E-state index in [-0.39, 0.29) is 0 Å². The number of anilines is 1. The molecule has 2 aromatic heterocycles. The van der Waals surface area contributed by atoms with E-state index < -0.39 is 0 Å². The highest BCUT2D eigenvalue weighted by molar-refractivity contribution is 9.10. The molecule has 8 heteroatoms. The Bertz CT molecular complexity index is 912. The van der Waals surface area contributed by atoms with Crippen LogP contribution in [0.4, 0.5) is 5.82 Å². The van der Waals surface area contributed by atoms with E-state index in [0.29, 0.717) is 5.92 Å². The number of methoxy groups -OCH3 is 2. The third-order valence-corrected chi connectivity index (χ3v) is 4.78. The molecule has 3 rings (SSSR count). The standard InChI is InChI=1S/C18H22BrN5O2/c1-11(7-12-5-6-13(25-3)14(8-12)26-4)9-20-17-15-16(19)23-24(2)18(15)22-10-21-17/h5-6,8,10-11H,7,9H2,1-4H3,(H,20,21,22). The SMILES string of the molecule is COc1ccc(CC(C)CNc2ncnc3c2c(Br)nn3C)cc1OC. The van der Waals surface area contributed by atoms with Crippen LogP contribution in [0.15, 0.2) is 29.1 Å². The zero-order valence-electron chi connectivity index (χ0n) is 15.3. The van der Waals surface area contributed by atoms with Gasteiger partial charge in [-0.15, -0.1) is 0 Å².